The van der Waals surface area contributed by atoms with E-state index in [1.165, 1.54) is 10.9 Å². The highest BCUT2D eigenvalue weighted by Gasteiger charge is 2.58. The molecule has 2 unspecified atom stereocenters. The lowest BCUT2D eigenvalue weighted by atomic mass is 10.2. The van der Waals surface area contributed by atoms with E-state index in [0.717, 1.165) is 18.7 Å². The van der Waals surface area contributed by atoms with Gasteiger partial charge in [0, 0.05) is 26.1 Å². The molecule has 9 nitrogen and oxygen atoms in total. The fraction of sp³-hybridized carbons (Fsp3) is 0.381. The summed E-state index contributed by atoms with van der Waals surface area (Å²) < 4.78 is 22.8. The number of halogens is 1. The van der Waals surface area contributed by atoms with Crippen LogP contribution in [0.3, 0.4) is 0 Å². The highest BCUT2D eigenvalue weighted by molar-refractivity contribution is 5.68. The molecule has 10 heteroatoms. The molecule has 0 N–H and O–H groups in total. The summed E-state index contributed by atoms with van der Waals surface area (Å²) in [5.74, 6) is 1.85. The number of hydrogen-bond donors (Lipinski definition) is 0. The fourth-order valence-electron chi connectivity index (χ4n) is 4.77. The van der Waals surface area contributed by atoms with Gasteiger partial charge in [-0.1, -0.05) is 11.2 Å². The lowest BCUT2D eigenvalue weighted by Gasteiger charge is -2.22. The minimum absolute atomic E-state index is 0.155. The molecule has 1 saturated heterocycles. The van der Waals surface area contributed by atoms with E-state index >= 15 is 0 Å². The Hall–Kier alpha value is -3.56. The maximum absolute atomic E-state index is 14.3. The number of benzene rings is 1. The van der Waals surface area contributed by atoms with Crippen molar-refractivity contribution in [2.45, 2.75) is 19.4 Å². The van der Waals surface area contributed by atoms with E-state index in [0.29, 0.717) is 40.4 Å². The Bertz CT molecular complexity index is 1360. The van der Waals surface area contributed by atoms with Crippen LogP contribution in [0.15, 0.2) is 40.2 Å². The second-order valence-electron chi connectivity index (χ2n) is 8.46. The molecular formula is C21H20FN7O2. The van der Waals surface area contributed by atoms with Gasteiger partial charge in [-0.05, 0) is 36.5 Å². The lowest BCUT2D eigenvalue weighted by molar-refractivity contribution is 0.363. The summed E-state index contributed by atoms with van der Waals surface area (Å²) in [6, 6.07) is 5.36. The maximum atomic E-state index is 14.3. The van der Waals surface area contributed by atoms with Crippen LogP contribution in [0.5, 0.6) is 0 Å². The van der Waals surface area contributed by atoms with Gasteiger partial charge in [0.1, 0.15) is 18.7 Å². The second kappa shape index (κ2) is 6.47. The van der Waals surface area contributed by atoms with E-state index in [-0.39, 0.29) is 23.8 Å². The van der Waals surface area contributed by atoms with Crippen LogP contribution in [0, 0.1) is 24.6 Å². The summed E-state index contributed by atoms with van der Waals surface area (Å²) in [6.07, 6.45) is 3.01. The zero-order chi connectivity index (χ0) is 21.3. The quantitative estimate of drug-likeness (QED) is 0.496. The molecule has 2 atom stereocenters. The van der Waals surface area contributed by atoms with Gasteiger partial charge in [0.2, 0.25) is 5.89 Å². The van der Waals surface area contributed by atoms with Gasteiger partial charge in [-0.25, -0.2) is 14.4 Å². The number of hydrogen-bond acceptors (Lipinski definition) is 7. The Morgan fingerprint density at radius 3 is 2.74 bits per heavy atom. The van der Waals surface area contributed by atoms with Crippen molar-refractivity contribution in [2.24, 2.45) is 18.9 Å². The number of imidazole rings is 1. The molecule has 0 spiro atoms. The van der Waals surface area contributed by atoms with Crippen LogP contribution in [-0.2, 0) is 13.6 Å². The predicted molar refractivity (Wildman–Crippen MR) is 109 cm³/mol. The molecule has 1 aliphatic carbocycles. The van der Waals surface area contributed by atoms with E-state index in [9.17, 15) is 9.18 Å². The minimum Gasteiger partial charge on any atom is -0.369 e. The largest absolute Gasteiger partial charge is 0.369 e. The summed E-state index contributed by atoms with van der Waals surface area (Å²) in [7, 11) is 1.76. The van der Waals surface area contributed by atoms with E-state index in [1.54, 1.807) is 24.0 Å². The van der Waals surface area contributed by atoms with Crippen LogP contribution in [0.4, 0.5) is 10.1 Å². The molecule has 2 aliphatic rings. The first-order chi connectivity index (χ1) is 15.0. The van der Waals surface area contributed by atoms with Crippen LogP contribution in [0.25, 0.3) is 11.2 Å². The molecule has 6 rings (SSSR count). The average molecular weight is 421 g/mol. The SMILES string of the molecule is Cc1ccc(N2CC3C(C2)C3c2noc(Cn3cnc4ncn(C)c4c3=O)n2)c(F)c1. The number of rotatable bonds is 4. The van der Waals surface area contributed by atoms with Crippen LogP contribution in [0.1, 0.15) is 23.2 Å². The Morgan fingerprint density at radius 2 is 1.97 bits per heavy atom. The molecule has 158 valence electrons. The molecule has 3 aromatic heterocycles. The molecule has 0 amide bonds. The molecule has 31 heavy (non-hydrogen) atoms. The molecule has 4 aromatic rings. The Labute approximate surface area is 176 Å². The second-order valence-corrected chi connectivity index (χ2v) is 8.46. The van der Waals surface area contributed by atoms with Gasteiger partial charge in [0.05, 0.1) is 12.0 Å². The molecule has 1 aromatic carbocycles. The Kier molecular flexibility index (Phi) is 3.80. The van der Waals surface area contributed by atoms with Gasteiger partial charge in [-0.15, -0.1) is 0 Å². The zero-order valence-corrected chi connectivity index (χ0v) is 17.1. The fourth-order valence-corrected chi connectivity index (χ4v) is 4.77. The number of nitrogens with zero attached hydrogens (tertiary/aromatic N) is 7. The van der Waals surface area contributed by atoms with Crippen molar-refractivity contribution in [1.82, 2.24) is 29.2 Å². The van der Waals surface area contributed by atoms with Gasteiger partial charge in [-0.2, -0.15) is 4.98 Å². The van der Waals surface area contributed by atoms with Crippen molar-refractivity contribution >= 4 is 16.9 Å². The van der Waals surface area contributed by atoms with Crippen molar-refractivity contribution in [3.8, 4) is 0 Å². The normalized spacial score (nSPS) is 22.3. The Morgan fingerprint density at radius 1 is 1.19 bits per heavy atom. The predicted octanol–water partition coefficient (Wildman–Crippen LogP) is 1.86. The maximum Gasteiger partial charge on any atom is 0.280 e. The number of fused-ring (bicyclic) bond motifs is 2. The van der Waals surface area contributed by atoms with Crippen LogP contribution < -0.4 is 10.5 Å². The van der Waals surface area contributed by atoms with Crippen molar-refractivity contribution in [3.05, 3.63) is 64.3 Å². The zero-order valence-electron chi connectivity index (χ0n) is 17.1. The summed E-state index contributed by atoms with van der Waals surface area (Å²) in [4.78, 5) is 27.6. The molecule has 1 aliphatic heterocycles. The number of piperidine rings is 1. The Balaban J connectivity index is 1.17. The highest BCUT2D eigenvalue weighted by Crippen LogP contribution is 2.58. The van der Waals surface area contributed by atoms with Crippen LogP contribution in [0.2, 0.25) is 0 Å². The minimum atomic E-state index is -0.205. The van der Waals surface area contributed by atoms with Crippen molar-refractivity contribution in [3.63, 3.8) is 0 Å². The number of aromatic nitrogens is 6. The third kappa shape index (κ3) is 2.85. The smallest absolute Gasteiger partial charge is 0.280 e. The van der Waals surface area contributed by atoms with Crippen molar-refractivity contribution in [2.75, 3.05) is 18.0 Å². The van der Waals surface area contributed by atoms with Crippen LogP contribution >= 0.6 is 0 Å². The summed E-state index contributed by atoms with van der Waals surface area (Å²) >= 11 is 0. The number of aryl methyl sites for hydroxylation is 2. The third-order valence-corrected chi connectivity index (χ3v) is 6.43. The molecule has 2 fully saturated rings. The van der Waals surface area contributed by atoms with Crippen molar-refractivity contribution in [1.29, 1.82) is 0 Å². The highest BCUT2D eigenvalue weighted by atomic mass is 19.1. The van der Waals surface area contributed by atoms with Gasteiger partial charge in [0.25, 0.3) is 5.56 Å². The lowest BCUT2D eigenvalue weighted by Crippen LogP contribution is -2.24. The first-order valence-corrected chi connectivity index (χ1v) is 10.2. The molecule has 4 heterocycles. The molecule has 0 radical (unpaired) electrons. The van der Waals surface area contributed by atoms with Gasteiger partial charge >= 0.3 is 0 Å². The standard InChI is InChI=1S/C21H20FN7O2/c1-11-3-4-15(14(22)5-11)28-6-12-13(7-28)17(12)19-25-16(31-26-19)8-29-10-24-20-18(21(29)30)27(2)9-23-20/h3-5,9-10,12-13,17H,6-8H2,1-2H3. The van der Waals surface area contributed by atoms with E-state index in [2.05, 4.69) is 25.0 Å². The van der Waals surface area contributed by atoms with Gasteiger partial charge in [-0.3, -0.25) is 9.36 Å². The monoisotopic (exact) mass is 421 g/mol. The van der Waals surface area contributed by atoms with E-state index in [1.807, 2.05) is 19.1 Å². The van der Waals surface area contributed by atoms with E-state index < -0.39 is 0 Å². The van der Waals surface area contributed by atoms with Crippen molar-refractivity contribution < 1.29 is 8.91 Å². The summed E-state index contributed by atoms with van der Waals surface area (Å²) in [5, 5.41) is 4.15. The average Bonchev–Trinajstić information content (AvgIpc) is 3.16. The van der Waals surface area contributed by atoms with Gasteiger partial charge < -0.3 is 14.0 Å². The molecule has 0 bridgehead atoms. The topological polar surface area (TPSA) is 94.9 Å². The third-order valence-electron chi connectivity index (χ3n) is 6.43. The van der Waals surface area contributed by atoms with Crippen LogP contribution in [-0.4, -0.2) is 42.3 Å². The molecular weight excluding hydrogens is 401 g/mol. The van der Waals surface area contributed by atoms with Gasteiger partial charge in [0.15, 0.2) is 17.0 Å². The first-order valence-electron chi connectivity index (χ1n) is 10.2. The van der Waals surface area contributed by atoms with E-state index in [4.69, 9.17) is 4.52 Å². The summed E-state index contributed by atoms with van der Waals surface area (Å²) in [6.45, 7) is 3.60. The number of anilines is 1. The summed E-state index contributed by atoms with van der Waals surface area (Å²) in [5.41, 5.74) is 2.21. The first kappa shape index (κ1) is 18.2. The molecule has 1 saturated carbocycles.